The Labute approximate surface area is 136 Å². The lowest BCUT2D eigenvalue weighted by molar-refractivity contribution is 0.316. The van der Waals surface area contributed by atoms with Gasteiger partial charge in [-0.15, -0.1) is 0 Å². The molecule has 0 aliphatic rings. The number of unbranched alkanes of at least 4 members (excludes halogenated alkanes) is 8. The van der Waals surface area contributed by atoms with Crippen molar-refractivity contribution in [3.05, 3.63) is 0 Å². The smallest absolute Gasteiger partial charge is 0.0412 e. The molecule has 0 heterocycles. The molecule has 128 valence electrons. The average Bonchev–Trinajstić information content (AvgIpc) is 2.48. The van der Waals surface area contributed by atoms with Gasteiger partial charge >= 0.3 is 0 Å². The van der Waals surface area contributed by atoms with Crippen LogP contribution in [0, 0.1) is 11.8 Å². The summed E-state index contributed by atoms with van der Waals surface area (Å²) < 4.78 is 0. The first kappa shape index (κ1) is 21.0. The van der Waals surface area contributed by atoms with Crippen molar-refractivity contribution >= 4 is 0 Å². The first-order valence-electron chi connectivity index (χ1n) is 10.2. The molecule has 0 radical (unpaired) electrons. The van der Waals surface area contributed by atoms with E-state index >= 15 is 0 Å². The minimum Gasteiger partial charge on any atom is -0.0654 e. The van der Waals surface area contributed by atoms with Crippen LogP contribution in [0.3, 0.4) is 0 Å². The van der Waals surface area contributed by atoms with E-state index in [0.29, 0.717) is 0 Å². The minimum absolute atomic E-state index is 0.958. The third kappa shape index (κ3) is 14.7. The second-order valence-electron chi connectivity index (χ2n) is 7.40. The Morgan fingerprint density at radius 3 is 1.67 bits per heavy atom. The molecule has 0 aliphatic heterocycles. The van der Waals surface area contributed by atoms with Crippen LogP contribution in [0.4, 0.5) is 0 Å². The van der Waals surface area contributed by atoms with E-state index < -0.39 is 0 Å². The summed E-state index contributed by atoms with van der Waals surface area (Å²) in [5.41, 5.74) is 0. The second kappa shape index (κ2) is 16.4. The summed E-state index contributed by atoms with van der Waals surface area (Å²) in [6.07, 6.45) is 21.7. The summed E-state index contributed by atoms with van der Waals surface area (Å²) in [5, 5.41) is 0. The highest BCUT2D eigenvalue weighted by atomic mass is 14.2. The average molecular weight is 297 g/mol. The van der Waals surface area contributed by atoms with E-state index in [9.17, 15) is 0 Å². The van der Waals surface area contributed by atoms with Gasteiger partial charge in [0.2, 0.25) is 0 Å². The molecule has 0 aliphatic carbocycles. The number of rotatable bonds is 16. The molecule has 0 N–H and O–H groups in total. The molecular formula is C21H44. The Kier molecular flexibility index (Phi) is 16.4. The van der Waals surface area contributed by atoms with Crippen LogP contribution < -0.4 is 0 Å². The Hall–Kier alpha value is 0. The van der Waals surface area contributed by atoms with Gasteiger partial charge < -0.3 is 0 Å². The highest BCUT2D eigenvalue weighted by Crippen LogP contribution is 2.27. The zero-order valence-corrected chi connectivity index (χ0v) is 15.8. The van der Waals surface area contributed by atoms with E-state index in [1.165, 1.54) is 96.3 Å². The monoisotopic (exact) mass is 296 g/mol. The first-order valence-corrected chi connectivity index (χ1v) is 10.2. The molecule has 0 heteroatoms. The van der Waals surface area contributed by atoms with E-state index in [2.05, 4.69) is 27.7 Å². The zero-order valence-electron chi connectivity index (χ0n) is 15.8. The Balaban J connectivity index is 3.72. The molecule has 2 atom stereocenters. The Morgan fingerprint density at radius 1 is 0.524 bits per heavy atom. The van der Waals surface area contributed by atoms with E-state index in [4.69, 9.17) is 0 Å². The van der Waals surface area contributed by atoms with Gasteiger partial charge in [0.25, 0.3) is 0 Å². The van der Waals surface area contributed by atoms with Crippen LogP contribution in [-0.2, 0) is 0 Å². The molecule has 0 saturated carbocycles. The van der Waals surface area contributed by atoms with Crippen molar-refractivity contribution in [1.29, 1.82) is 0 Å². The fourth-order valence-electron chi connectivity index (χ4n) is 3.52. The molecule has 0 aromatic carbocycles. The standard InChI is InChI=1S/C21H44/c1-5-8-11-12-13-15-16-20(4)19-21(17-10-7-3)18-14-9-6-2/h20-21H,5-19H2,1-4H3. The maximum atomic E-state index is 2.50. The van der Waals surface area contributed by atoms with Crippen LogP contribution in [0.25, 0.3) is 0 Å². The summed E-state index contributed by atoms with van der Waals surface area (Å²) in [5.74, 6) is 1.98. The molecule has 2 unspecified atom stereocenters. The van der Waals surface area contributed by atoms with Gasteiger partial charge in [-0.05, 0) is 18.3 Å². The van der Waals surface area contributed by atoms with Crippen LogP contribution in [0.2, 0.25) is 0 Å². The van der Waals surface area contributed by atoms with Crippen LogP contribution in [0.15, 0.2) is 0 Å². The van der Waals surface area contributed by atoms with E-state index in [1.807, 2.05) is 0 Å². The summed E-state index contributed by atoms with van der Waals surface area (Å²) in [4.78, 5) is 0. The zero-order chi connectivity index (χ0) is 15.8. The Bertz CT molecular complexity index is 184. The van der Waals surface area contributed by atoms with Gasteiger partial charge in [-0.25, -0.2) is 0 Å². The van der Waals surface area contributed by atoms with Crippen molar-refractivity contribution in [2.24, 2.45) is 11.8 Å². The molecule has 0 bridgehead atoms. The van der Waals surface area contributed by atoms with Gasteiger partial charge in [-0.2, -0.15) is 0 Å². The molecule has 0 spiro atoms. The van der Waals surface area contributed by atoms with Gasteiger partial charge in [-0.1, -0.05) is 118 Å². The van der Waals surface area contributed by atoms with Gasteiger partial charge in [0.05, 0.1) is 0 Å². The number of hydrogen-bond acceptors (Lipinski definition) is 0. The Morgan fingerprint density at radius 2 is 1.00 bits per heavy atom. The highest BCUT2D eigenvalue weighted by molar-refractivity contribution is 4.65. The normalized spacial score (nSPS) is 14.3. The third-order valence-electron chi connectivity index (χ3n) is 4.97. The molecule has 0 rings (SSSR count). The predicted octanol–water partition coefficient (Wildman–Crippen LogP) is 8.15. The van der Waals surface area contributed by atoms with Crippen LogP contribution in [0.5, 0.6) is 0 Å². The van der Waals surface area contributed by atoms with E-state index in [0.717, 1.165) is 11.8 Å². The molecule has 0 aromatic heterocycles. The van der Waals surface area contributed by atoms with Gasteiger partial charge in [0, 0.05) is 0 Å². The van der Waals surface area contributed by atoms with Crippen molar-refractivity contribution in [3.8, 4) is 0 Å². The lowest BCUT2D eigenvalue weighted by Gasteiger charge is -2.21. The van der Waals surface area contributed by atoms with E-state index in [1.54, 1.807) is 0 Å². The summed E-state index contributed by atoms with van der Waals surface area (Å²) >= 11 is 0. The van der Waals surface area contributed by atoms with Crippen molar-refractivity contribution in [2.45, 2.75) is 124 Å². The maximum Gasteiger partial charge on any atom is -0.0412 e. The van der Waals surface area contributed by atoms with Gasteiger partial charge in [0.15, 0.2) is 0 Å². The summed E-state index contributed by atoms with van der Waals surface area (Å²) in [6, 6.07) is 0. The third-order valence-corrected chi connectivity index (χ3v) is 4.97. The predicted molar refractivity (Wildman–Crippen MR) is 98.9 cm³/mol. The summed E-state index contributed by atoms with van der Waals surface area (Å²) in [7, 11) is 0. The van der Waals surface area contributed by atoms with Crippen molar-refractivity contribution < 1.29 is 0 Å². The molecule has 0 saturated heterocycles. The molecule has 0 fully saturated rings. The molecule has 0 amide bonds. The SMILES string of the molecule is CCCCCCCCC(C)CC(CCCC)CCCCC. The lowest BCUT2D eigenvalue weighted by atomic mass is 9.85. The minimum atomic E-state index is 0.958. The van der Waals surface area contributed by atoms with Crippen LogP contribution in [-0.4, -0.2) is 0 Å². The second-order valence-corrected chi connectivity index (χ2v) is 7.40. The quantitative estimate of drug-likeness (QED) is 0.252. The van der Waals surface area contributed by atoms with E-state index in [-0.39, 0.29) is 0 Å². The van der Waals surface area contributed by atoms with Crippen molar-refractivity contribution in [3.63, 3.8) is 0 Å². The first-order chi connectivity index (χ1) is 10.2. The van der Waals surface area contributed by atoms with Crippen LogP contribution in [0.1, 0.15) is 124 Å². The maximum absolute atomic E-state index is 2.50. The number of hydrogen-bond donors (Lipinski definition) is 0. The van der Waals surface area contributed by atoms with Gasteiger partial charge in [-0.3, -0.25) is 0 Å². The lowest BCUT2D eigenvalue weighted by Crippen LogP contribution is -2.07. The summed E-state index contributed by atoms with van der Waals surface area (Å²) in [6.45, 7) is 9.47. The molecule has 0 aromatic rings. The molecular weight excluding hydrogens is 252 g/mol. The highest BCUT2D eigenvalue weighted by Gasteiger charge is 2.12. The van der Waals surface area contributed by atoms with Crippen LogP contribution >= 0.6 is 0 Å². The molecule has 0 nitrogen and oxygen atoms in total. The van der Waals surface area contributed by atoms with Crippen molar-refractivity contribution in [2.75, 3.05) is 0 Å². The van der Waals surface area contributed by atoms with Crippen molar-refractivity contribution in [1.82, 2.24) is 0 Å². The molecule has 21 heavy (non-hydrogen) atoms. The topological polar surface area (TPSA) is 0 Å². The van der Waals surface area contributed by atoms with Gasteiger partial charge in [0.1, 0.15) is 0 Å². The largest absolute Gasteiger partial charge is 0.0654 e. The fourth-order valence-corrected chi connectivity index (χ4v) is 3.52. The fraction of sp³-hybridized carbons (Fsp3) is 1.00.